The van der Waals surface area contributed by atoms with Gasteiger partial charge in [-0.25, -0.2) is 4.39 Å². The molecular formula is C24H32FN5O3. The van der Waals surface area contributed by atoms with Gasteiger partial charge in [-0.3, -0.25) is 24.6 Å². The molecule has 1 atom stereocenters. The first-order chi connectivity index (χ1) is 15.8. The Balaban J connectivity index is 1.20. The topological polar surface area (TPSA) is 76.2 Å². The van der Waals surface area contributed by atoms with Gasteiger partial charge in [-0.05, 0) is 50.1 Å². The molecule has 3 saturated heterocycles. The predicted octanol–water partition coefficient (Wildman–Crippen LogP) is 1.00. The van der Waals surface area contributed by atoms with E-state index in [-0.39, 0.29) is 24.1 Å². The highest BCUT2D eigenvalue weighted by Gasteiger charge is 2.39. The fraction of sp³-hybridized carbons (Fsp3) is 0.625. The molecule has 0 radical (unpaired) electrons. The molecule has 3 amide bonds. The molecule has 8 nitrogen and oxygen atoms in total. The maximum atomic E-state index is 15.2. The molecule has 0 saturated carbocycles. The zero-order valence-corrected chi connectivity index (χ0v) is 19.2. The Hall–Kier alpha value is -2.52. The van der Waals surface area contributed by atoms with Gasteiger partial charge >= 0.3 is 0 Å². The van der Waals surface area contributed by atoms with E-state index in [0.29, 0.717) is 37.9 Å². The number of halogens is 1. The second kappa shape index (κ2) is 8.68. The first-order valence-corrected chi connectivity index (χ1v) is 11.9. The number of benzene rings is 1. The maximum Gasteiger partial charge on any atom is 0.255 e. The smallest absolute Gasteiger partial charge is 0.255 e. The molecule has 0 spiro atoms. The van der Waals surface area contributed by atoms with Crippen LogP contribution in [0.5, 0.6) is 0 Å². The lowest BCUT2D eigenvalue weighted by Gasteiger charge is -2.41. The number of piperidine rings is 2. The summed E-state index contributed by atoms with van der Waals surface area (Å²) in [5.74, 6) is -0.822. The second-order valence-electron chi connectivity index (χ2n) is 9.96. The number of anilines is 1. The van der Waals surface area contributed by atoms with Crippen LogP contribution in [-0.4, -0.2) is 97.0 Å². The van der Waals surface area contributed by atoms with Gasteiger partial charge < -0.3 is 14.7 Å². The van der Waals surface area contributed by atoms with E-state index in [1.54, 1.807) is 4.90 Å². The number of nitrogens with zero attached hydrogens (tertiary/aromatic N) is 4. The molecule has 0 aliphatic carbocycles. The molecule has 178 valence electrons. The molecule has 1 aromatic rings. The number of alkyl halides is 1. The van der Waals surface area contributed by atoms with Crippen molar-refractivity contribution >= 4 is 23.4 Å². The summed E-state index contributed by atoms with van der Waals surface area (Å²) < 4.78 is 15.2. The number of hydrogen-bond donors (Lipinski definition) is 1. The summed E-state index contributed by atoms with van der Waals surface area (Å²) >= 11 is 0. The van der Waals surface area contributed by atoms with E-state index in [1.165, 1.54) is 0 Å². The highest BCUT2D eigenvalue weighted by molar-refractivity contribution is 6.05. The van der Waals surface area contributed by atoms with Crippen molar-refractivity contribution < 1.29 is 18.8 Å². The highest BCUT2D eigenvalue weighted by atomic mass is 19.1. The average Bonchev–Trinajstić information content (AvgIpc) is 3.12. The van der Waals surface area contributed by atoms with Crippen molar-refractivity contribution in [3.05, 3.63) is 29.3 Å². The van der Waals surface area contributed by atoms with Crippen LogP contribution >= 0.6 is 0 Å². The number of imide groups is 1. The van der Waals surface area contributed by atoms with E-state index in [1.807, 2.05) is 25.2 Å². The van der Waals surface area contributed by atoms with Crippen LogP contribution in [0.15, 0.2) is 18.2 Å². The number of hydrogen-bond acceptors (Lipinski definition) is 6. The van der Waals surface area contributed by atoms with Crippen LogP contribution in [0.1, 0.15) is 41.6 Å². The van der Waals surface area contributed by atoms with Crippen molar-refractivity contribution in [2.75, 3.05) is 57.8 Å². The summed E-state index contributed by atoms with van der Waals surface area (Å²) in [6, 6.07) is 5.26. The first-order valence-electron chi connectivity index (χ1n) is 11.9. The minimum Gasteiger partial charge on any atom is -0.369 e. The van der Waals surface area contributed by atoms with Crippen molar-refractivity contribution in [3.63, 3.8) is 0 Å². The monoisotopic (exact) mass is 457 g/mol. The molecule has 0 aromatic heterocycles. The van der Waals surface area contributed by atoms with Crippen molar-refractivity contribution in [2.45, 2.75) is 43.9 Å². The zero-order chi connectivity index (χ0) is 23.2. The van der Waals surface area contributed by atoms with Crippen molar-refractivity contribution in [1.29, 1.82) is 0 Å². The summed E-state index contributed by atoms with van der Waals surface area (Å²) in [6.45, 7) is 5.81. The largest absolute Gasteiger partial charge is 0.369 e. The van der Waals surface area contributed by atoms with Gasteiger partial charge in [-0.1, -0.05) is 0 Å². The minimum absolute atomic E-state index is 0.151. The molecule has 33 heavy (non-hydrogen) atoms. The average molecular weight is 458 g/mol. The molecule has 0 unspecified atom stereocenters. The molecule has 4 heterocycles. The lowest BCUT2D eigenvalue weighted by Crippen LogP contribution is -2.53. The van der Waals surface area contributed by atoms with Crippen LogP contribution in [0.3, 0.4) is 0 Å². The molecule has 5 rings (SSSR count). The number of likely N-dealkylation sites (tertiary alicyclic amines) is 1. The maximum absolute atomic E-state index is 15.2. The SMILES string of the molecule is CN1CCC(F)(CN2CCN(c3ccc4c(c3)CN([C@H]3CCC(=O)NC3=O)C4=O)CC2)CC1. The molecular weight excluding hydrogens is 425 g/mol. The number of carbonyl (C=O) groups is 3. The quantitative estimate of drug-likeness (QED) is 0.680. The Bertz CT molecular complexity index is 953. The van der Waals surface area contributed by atoms with Gasteiger partial charge in [-0.15, -0.1) is 0 Å². The molecule has 1 N–H and O–H groups in total. The molecule has 4 aliphatic rings. The zero-order valence-electron chi connectivity index (χ0n) is 19.2. The van der Waals surface area contributed by atoms with Crippen LogP contribution in [0.4, 0.5) is 10.1 Å². The van der Waals surface area contributed by atoms with Crippen LogP contribution < -0.4 is 10.2 Å². The first kappa shape index (κ1) is 22.3. The number of nitrogens with one attached hydrogen (secondary N) is 1. The van der Waals surface area contributed by atoms with E-state index < -0.39 is 11.7 Å². The van der Waals surface area contributed by atoms with Gasteiger partial charge in [0.2, 0.25) is 11.8 Å². The molecule has 0 bridgehead atoms. The number of fused-ring (bicyclic) bond motifs is 1. The van der Waals surface area contributed by atoms with E-state index in [0.717, 1.165) is 50.5 Å². The van der Waals surface area contributed by atoms with Crippen molar-refractivity contribution in [2.24, 2.45) is 0 Å². The molecule has 4 aliphatic heterocycles. The van der Waals surface area contributed by atoms with Crippen molar-refractivity contribution in [3.8, 4) is 0 Å². The third kappa shape index (κ3) is 4.48. The van der Waals surface area contributed by atoms with Crippen LogP contribution in [0.25, 0.3) is 0 Å². The number of carbonyl (C=O) groups excluding carboxylic acids is 3. The Morgan fingerprint density at radius 2 is 1.79 bits per heavy atom. The van der Waals surface area contributed by atoms with Gasteiger partial charge in [0.1, 0.15) is 11.7 Å². The second-order valence-corrected chi connectivity index (χ2v) is 9.96. The molecule has 3 fully saturated rings. The fourth-order valence-corrected chi connectivity index (χ4v) is 5.50. The normalized spacial score (nSPS) is 26.5. The van der Waals surface area contributed by atoms with Gasteiger partial charge in [0, 0.05) is 70.0 Å². The van der Waals surface area contributed by atoms with E-state index >= 15 is 4.39 Å². The number of amides is 3. The summed E-state index contributed by atoms with van der Waals surface area (Å²) in [5.41, 5.74) is 1.52. The molecule has 9 heteroatoms. The van der Waals surface area contributed by atoms with Crippen LogP contribution in [-0.2, 0) is 16.1 Å². The van der Waals surface area contributed by atoms with Crippen LogP contribution in [0.2, 0.25) is 0 Å². The van der Waals surface area contributed by atoms with E-state index in [9.17, 15) is 14.4 Å². The fourth-order valence-electron chi connectivity index (χ4n) is 5.50. The number of rotatable bonds is 4. The van der Waals surface area contributed by atoms with Crippen molar-refractivity contribution in [1.82, 2.24) is 20.0 Å². The summed E-state index contributed by atoms with van der Waals surface area (Å²) in [7, 11) is 2.05. The Kier molecular flexibility index (Phi) is 5.86. The third-order valence-electron chi connectivity index (χ3n) is 7.63. The standard InChI is InChI=1S/C24H32FN5O3/c1-27-8-6-24(25,7-9-27)16-28-10-12-29(13-11-28)18-2-3-19-17(14-18)15-30(23(19)33)20-4-5-21(31)26-22(20)32/h2-3,14,20H,4-13,15-16H2,1H3,(H,26,31,32)/t20-/m0/s1. The summed E-state index contributed by atoms with van der Waals surface area (Å²) in [6.07, 6.45) is 1.83. The van der Waals surface area contributed by atoms with E-state index in [4.69, 9.17) is 0 Å². The minimum atomic E-state index is -1.08. The third-order valence-corrected chi connectivity index (χ3v) is 7.63. The lowest BCUT2D eigenvalue weighted by molar-refractivity contribution is -0.136. The van der Waals surface area contributed by atoms with Gasteiger partial charge in [-0.2, -0.15) is 0 Å². The predicted molar refractivity (Wildman–Crippen MR) is 122 cm³/mol. The Labute approximate surface area is 193 Å². The van der Waals surface area contributed by atoms with Gasteiger partial charge in [0.25, 0.3) is 5.91 Å². The van der Waals surface area contributed by atoms with Crippen LogP contribution in [0, 0.1) is 0 Å². The lowest BCUT2D eigenvalue weighted by atomic mass is 9.92. The Morgan fingerprint density at radius 1 is 1.06 bits per heavy atom. The summed E-state index contributed by atoms with van der Waals surface area (Å²) in [4.78, 5) is 44.9. The van der Waals surface area contributed by atoms with E-state index in [2.05, 4.69) is 20.0 Å². The number of piperazine rings is 1. The highest BCUT2D eigenvalue weighted by Crippen LogP contribution is 2.32. The van der Waals surface area contributed by atoms with Gasteiger partial charge in [0.05, 0.1) is 0 Å². The summed E-state index contributed by atoms with van der Waals surface area (Å²) in [5, 5.41) is 2.34. The van der Waals surface area contributed by atoms with Gasteiger partial charge in [0.15, 0.2) is 0 Å². The molecule has 1 aromatic carbocycles. The Morgan fingerprint density at radius 3 is 2.48 bits per heavy atom.